The molecule has 4 nitrogen and oxygen atoms in total. The minimum atomic E-state index is -0.438. The second-order valence-electron chi connectivity index (χ2n) is 7.32. The summed E-state index contributed by atoms with van der Waals surface area (Å²) in [7, 11) is 0. The molecular formula is C18H27BrN2O2. The lowest BCUT2D eigenvalue weighted by Gasteiger charge is -2.40. The van der Waals surface area contributed by atoms with Crippen molar-refractivity contribution in [3.63, 3.8) is 0 Å². The molecule has 0 unspecified atom stereocenters. The van der Waals surface area contributed by atoms with E-state index in [0.717, 1.165) is 24.1 Å². The van der Waals surface area contributed by atoms with Crippen LogP contribution in [0.25, 0.3) is 0 Å². The number of piperazine rings is 1. The number of nitrogens with zero attached hydrogens (tertiary/aromatic N) is 2. The van der Waals surface area contributed by atoms with E-state index in [1.54, 1.807) is 0 Å². The molecule has 1 aromatic carbocycles. The Kier molecular flexibility index (Phi) is 5.74. The van der Waals surface area contributed by atoms with E-state index in [-0.39, 0.29) is 6.09 Å². The lowest BCUT2D eigenvalue weighted by Crippen LogP contribution is -2.54. The highest BCUT2D eigenvalue weighted by Crippen LogP contribution is 2.21. The molecule has 1 fully saturated rings. The topological polar surface area (TPSA) is 32.8 Å². The Balaban J connectivity index is 1.95. The summed E-state index contributed by atoms with van der Waals surface area (Å²) in [6.07, 6.45) is -0.205. The maximum absolute atomic E-state index is 12.2. The van der Waals surface area contributed by atoms with Crippen molar-refractivity contribution in [3.8, 4) is 0 Å². The number of aryl methyl sites for hydroxylation is 1. The molecule has 23 heavy (non-hydrogen) atoms. The smallest absolute Gasteiger partial charge is 0.410 e. The first-order valence-corrected chi connectivity index (χ1v) is 8.92. The van der Waals surface area contributed by atoms with Crippen LogP contribution in [0.5, 0.6) is 0 Å². The van der Waals surface area contributed by atoms with Crippen LogP contribution in [0, 0.1) is 6.92 Å². The van der Waals surface area contributed by atoms with E-state index in [0.29, 0.717) is 12.6 Å². The van der Waals surface area contributed by atoms with E-state index in [2.05, 4.69) is 52.9 Å². The van der Waals surface area contributed by atoms with Gasteiger partial charge in [-0.2, -0.15) is 0 Å². The van der Waals surface area contributed by atoms with Crippen molar-refractivity contribution in [3.05, 3.63) is 33.8 Å². The minimum absolute atomic E-state index is 0.205. The van der Waals surface area contributed by atoms with Gasteiger partial charge in [0.05, 0.1) is 0 Å². The molecule has 2 rings (SSSR count). The first kappa shape index (κ1) is 18.3. The molecule has 1 heterocycles. The average molecular weight is 383 g/mol. The second kappa shape index (κ2) is 7.22. The van der Waals surface area contributed by atoms with E-state index in [1.165, 1.54) is 11.1 Å². The summed E-state index contributed by atoms with van der Waals surface area (Å²) in [6.45, 7) is 13.2. The number of amides is 1. The summed E-state index contributed by atoms with van der Waals surface area (Å²) in [5.74, 6) is 0. The first-order chi connectivity index (χ1) is 10.7. The van der Waals surface area contributed by atoms with E-state index in [4.69, 9.17) is 4.74 Å². The summed E-state index contributed by atoms with van der Waals surface area (Å²) in [6, 6.07) is 6.73. The minimum Gasteiger partial charge on any atom is -0.444 e. The highest BCUT2D eigenvalue weighted by atomic mass is 79.9. The van der Waals surface area contributed by atoms with Gasteiger partial charge >= 0.3 is 6.09 Å². The van der Waals surface area contributed by atoms with Gasteiger partial charge in [0.15, 0.2) is 0 Å². The summed E-state index contributed by atoms with van der Waals surface area (Å²) in [5, 5.41) is 0. The van der Waals surface area contributed by atoms with Crippen LogP contribution < -0.4 is 0 Å². The van der Waals surface area contributed by atoms with Crippen molar-refractivity contribution in [2.24, 2.45) is 0 Å². The normalized spacial score (nSPS) is 19.7. The monoisotopic (exact) mass is 382 g/mol. The summed E-state index contributed by atoms with van der Waals surface area (Å²) >= 11 is 3.51. The highest BCUT2D eigenvalue weighted by Gasteiger charge is 2.29. The van der Waals surface area contributed by atoms with Gasteiger partial charge in [-0.3, -0.25) is 4.90 Å². The lowest BCUT2D eigenvalue weighted by atomic mass is 10.1. The van der Waals surface area contributed by atoms with Crippen LogP contribution in [0.2, 0.25) is 0 Å². The van der Waals surface area contributed by atoms with Crippen molar-refractivity contribution in [2.45, 2.75) is 52.8 Å². The SMILES string of the molecule is Cc1cc(Br)ccc1CN1CCN(C(=O)OC(C)(C)C)C[C@@H]1C. The maximum Gasteiger partial charge on any atom is 0.410 e. The molecule has 1 aromatic rings. The van der Waals surface area contributed by atoms with Gasteiger partial charge in [0, 0.05) is 36.7 Å². The molecule has 0 bridgehead atoms. The van der Waals surface area contributed by atoms with Crippen LogP contribution in [0.4, 0.5) is 4.79 Å². The molecule has 1 saturated heterocycles. The van der Waals surface area contributed by atoms with E-state index in [9.17, 15) is 4.79 Å². The van der Waals surface area contributed by atoms with Crippen LogP contribution in [0.3, 0.4) is 0 Å². The number of benzene rings is 1. The molecule has 1 aliphatic rings. The van der Waals surface area contributed by atoms with Crippen LogP contribution in [0.15, 0.2) is 22.7 Å². The fourth-order valence-corrected chi connectivity index (χ4v) is 3.25. The van der Waals surface area contributed by atoms with Gasteiger partial charge in [0.1, 0.15) is 5.60 Å². The zero-order chi connectivity index (χ0) is 17.2. The number of ether oxygens (including phenoxy) is 1. The maximum atomic E-state index is 12.2. The fraction of sp³-hybridized carbons (Fsp3) is 0.611. The van der Waals surface area contributed by atoms with E-state index >= 15 is 0 Å². The average Bonchev–Trinajstić information content (AvgIpc) is 2.41. The quantitative estimate of drug-likeness (QED) is 0.768. The Hall–Kier alpha value is -1.07. The number of hydrogen-bond acceptors (Lipinski definition) is 3. The van der Waals surface area contributed by atoms with Gasteiger partial charge in [-0.25, -0.2) is 4.79 Å². The Bertz CT molecular complexity index is 569. The first-order valence-electron chi connectivity index (χ1n) is 8.13. The third kappa shape index (κ3) is 5.21. The molecule has 0 N–H and O–H groups in total. The van der Waals surface area contributed by atoms with Crippen LogP contribution >= 0.6 is 15.9 Å². The Labute approximate surface area is 147 Å². The van der Waals surface area contributed by atoms with Gasteiger partial charge in [-0.05, 0) is 57.9 Å². The van der Waals surface area contributed by atoms with Crippen LogP contribution in [-0.4, -0.2) is 47.2 Å². The molecule has 5 heteroatoms. The zero-order valence-electron chi connectivity index (χ0n) is 14.7. The van der Waals surface area contributed by atoms with Crippen LogP contribution in [0.1, 0.15) is 38.8 Å². The lowest BCUT2D eigenvalue weighted by molar-refractivity contribution is 0.00458. The largest absolute Gasteiger partial charge is 0.444 e. The molecule has 128 valence electrons. The molecule has 1 atom stereocenters. The number of halogens is 1. The van der Waals surface area contributed by atoms with Crippen LogP contribution in [-0.2, 0) is 11.3 Å². The van der Waals surface area contributed by atoms with Gasteiger partial charge in [0.25, 0.3) is 0 Å². The Morgan fingerprint density at radius 3 is 2.61 bits per heavy atom. The standard InChI is InChI=1S/C18H27BrN2O2/c1-13-10-16(19)7-6-15(13)12-20-8-9-21(11-14(20)2)17(22)23-18(3,4)5/h6-7,10,14H,8-9,11-12H2,1-5H3/t14-/m0/s1. The molecule has 0 saturated carbocycles. The van der Waals surface area contributed by atoms with Crippen molar-refractivity contribution >= 4 is 22.0 Å². The van der Waals surface area contributed by atoms with Gasteiger partial charge in [0.2, 0.25) is 0 Å². The molecule has 0 radical (unpaired) electrons. The van der Waals surface area contributed by atoms with E-state index in [1.807, 2.05) is 25.7 Å². The van der Waals surface area contributed by atoms with Gasteiger partial charge < -0.3 is 9.64 Å². The fourth-order valence-electron chi connectivity index (χ4n) is 2.78. The molecule has 1 aliphatic heterocycles. The van der Waals surface area contributed by atoms with Crippen molar-refractivity contribution < 1.29 is 9.53 Å². The number of rotatable bonds is 2. The molecule has 0 aromatic heterocycles. The summed E-state index contributed by atoms with van der Waals surface area (Å²) in [4.78, 5) is 16.4. The van der Waals surface area contributed by atoms with Crippen molar-refractivity contribution in [2.75, 3.05) is 19.6 Å². The predicted octanol–water partition coefficient (Wildman–Crippen LogP) is 4.20. The summed E-state index contributed by atoms with van der Waals surface area (Å²) in [5.41, 5.74) is 2.19. The third-order valence-electron chi connectivity index (χ3n) is 4.09. The van der Waals surface area contributed by atoms with Crippen molar-refractivity contribution in [1.82, 2.24) is 9.80 Å². The second-order valence-corrected chi connectivity index (χ2v) is 8.23. The number of carbonyl (C=O) groups is 1. The predicted molar refractivity (Wildman–Crippen MR) is 96.6 cm³/mol. The molecular weight excluding hydrogens is 356 g/mol. The third-order valence-corrected chi connectivity index (χ3v) is 4.59. The Morgan fingerprint density at radius 1 is 1.35 bits per heavy atom. The summed E-state index contributed by atoms with van der Waals surface area (Å²) < 4.78 is 6.59. The van der Waals surface area contributed by atoms with Gasteiger partial charge in [-0.15, -0.1) is 0 Å². The van der Waals surface area contributed by atoms with Gasteiger partial charge in [-0.1, -0.05) is 22.0 Å². The van der Waals surface area contributed by atoms with Crippen molar-refractivity contribution in [1.29, 1.82) is 0 Å². The molecule has 1 amide bonds. The Morgan fingerprint density at radius 2 is 2.04 bits per heavy atom. The molecule has 0 spiro atoms. The van der Waals surface area contributed by atoms with E-state index < -0.39 is 5.60 Å². The molecule has 0 aliphatic carbocycles. The highest BCUT2D eigenvalue weighted by molar-refractivity contribution is 9.10. The number of hydrogen-bond donors (Lipinski definition) is 0. The zero-order valence-corrected chi connectivity index (χ0v) is 16.3. The number of carbonyl (C=O) groups excluding carboxylic acids is 1.